The molecule has 2 aromatic carbocycles. The van der Waals surface area contributed by atoms with Gasteiger partial charge >= 0.3 is 6.18 Å². The van der Waals surface area contributed by atoms with E-state index < -0.39 is 35.5 Å². The Labute approximate surface area is 226 Å². The Balaban J connectivity index is 1.45. The van der Waals surface area contributed by atoms with Crippen LogP contribution in [0.15, 0.2) is 84.3 Å². The summed E-state index contributed by atoms with van der Waals surface area (Å²) in [6, 6.07) is 15.5. The Morgan fingerprint density at radius 3 is 2.48 bits per heavy atom. The van der Waals surface area contributed by atoms with Crippen LogP contribution < -0.4 is 0 Å². The second-order valence-corrected chi connectivity index (χ2v) is 9.52. The molecule has 40 heavy (non-hydrogen) atoms. The number of nitrogens with zero attached hydrogens (tertiary/aromatic N) is 3. The van der Waals surface area contributed by atoms with E-state index in [4.69, 9.17) is 4.84 Å². The Kier molecular flexibility index (Phi) is 7.42. The van der Waals surface area contributed by atoms with E-state index in [9.17, 15) is 26.7 Å². The Morgan fingerprint density at radius 2 is 1.80 bits per heavy atom. The lowest BCUT2D eigenvalue weighted by molar-refractivity contribution is -0.141. The van der Waals surface area contributed by atoms with Crippen LogP contribution in [-0.4, -0.2) is 21.5 Å². The minimum absolute atomic E-state index is 0.0403. The summed E-state index contributed by atoms with van der Waals surface area (Å²) in [5.41, 5.74) is 1.85. The van der Waals surface area contributed by atoms with Crippen LogP contribution >= 0.6 is 0 Å². The van der Waals surface area contributed by atoms with Crippen molar-refractivity contribution in [2.45, 2.75) is 38.0 Å². The number of carbonyl (C=O) groups excluding carboxylic acids is 1. The number of rotatable bonds is 7. The first-order valence-corrected chi connectivity index (χ1v) is 12.4. The molecule has 1 unspecified atom stereocenters. The number of aromatic nitrogens is 2. The van der Waals surface area contributed by atoms with Crippen molar-refractivity contribution < 1.29 is 31.6 Å². The lowest BCUT2D eigenvalue weighted by Crippen LogP contribution is -2.10. The van der Waals surface area contributed by atoms with Gasteiger partial charge in [0.15, 0.2) is 11.9 Å². The molecule has 0 fully saturated rings. The highest BCUT2D eigenvalue weighted by molar-refractivity contribution is 6.06. The number of oxime groups is 1. The van der Waals surface area contributed by atoms with Gasteiger partial charge in [-0.05, 0) is 65.6 Å². The van der Waals surface area contributed by atoms with Crippen molar-refractivity contribution in [3.05, 3.63) is 119 Å². The van der Waals surface area contributed by atoms with E-state index in [-0.39, 0.29) is 23.3 Å². The Hall–Kier alpha value is -4.47. The summed E-state index contributed by atoms with van der Waals surface area (Å²) in [6.07, 6.45) is -1.94. The molecule has 3 heterocycles. The van der Waals surface area contributed by atoms with Gasteiger partial charge < -0.3 is 4.84 Å². The third-order valence-electron chi connectivity index (χ3n) is 6.65. The van der Waals surface area contributed by atoms with Crippen LogP contribution in [0.2, 0.25) is 0 Å². The molecule has 2 atom stereocenters. The van der Waals surface area contributed by atoms with Crippen molar-refractivity contribution in [2.75, 3.05) is 0 Å². The average Bonchev–Trinajstić information content (AvgIpc) is 3.43. The first-order chi connectivity index (χ1) is 19.1. The molecule has 0 radical (unpaired) electrons. The van der Waals surface area contributed by atoms with Gasteiger partial charge in [-0.2, -0.15) is 13.2 Å². The highest BCUT2D eigenvalue weighted by Crippen LogP contribution is 2.33. The maximum Gasteiger partial charge on any atom is 0.433 e. The molecule has 0 bridgehead atoms. The van der Waals surface area contributed by atoms with Gasteiger partial charge in [0, 0.05) is 48.0 Å². The summed E-state index contributed by atoms with van der Waals surface area (Å²) in [7, 11) is 0. The Morgan fingerprint density at radius 1 is 1.00 bits per heavy atom. The zero-order valence-electron chi connectivity index (χ0n) is 21.1. The number of alkyl halides is 3. The second-order valence-electron chi connectivity index (χ2n) is 9.52. The lowest BCUT2D eigenvalue weighted by Gasteiger charge is -2.14. The molecular formula is C30H22F5N3O2. The number of carbonyl (C=O) groups is 1. The van der Waals surface area contributed by atoms with Gasteiger partial charge in [0.05, 0.1) is 11.4 Å². The van der Waals surface area contributed by atoms with Crippen LogP contribution in [-0.2, 0) is 11.0 Å². The van der Waals surface area contributed by atoms with Gasteiger partial charge in [0.1, 0.15) is 17.3 Å². The maximum atomic E-state index is 14.7. The molecule has 0 saturated carbocycles. The van der Waals surface area contributed by atoms with Crippen LogP contribution in [0.4, 0.5) is 22.0 Å². The predicted octanol–water partition coefficient (Wildman–Crippen LogP) is 7.68. The highest BCUT2D eigenvalue weighted by Gasteiger charge is 2.32. The number of hydrogen-bond donors (Lipinski definition) is 0. The second kappa shape index (κ2) is 11.0. The molecule has 0 amide bonds. The number of pyridine rings is 2. The molecular weight excluding hydrogens is 529 g/mol. The molecule has 2 aromatic heterocycles. The minimum atomic E-state index is -4.56. The van der Waals surface area contributed by atoms with Crippen molar-refractivity contribution in [2.24, 2.45) is 5.16 Å². The van der Waals surface area contributed by atoms with Crippen LogP contribution in [0.25, 0.3) is 11.1 Å². The predicted molar refractivity (Wildman–Crippen MR) is 138 cm³/mol. The van der Waals surface area contributed by atoms with Gasteiger partial charge in [-0.3, -0.25) is 14.8 Å². The van der Waals surface area contributed by atoms with Gasteiger partial charge in [-0.15, -0.1) is 0 Å². The van der Waals surface area contributed by atoms with Crippen LogP contribution in [0.3, 0.4) is 0 Å². The summed E-state index contributed by atoms with van der Waals surface area (Å²) in [5, 5.41) is 4.18. The third kappa shape index (κ3) is 5.90. The van der Waals surface area contributed by atoms with E-state index in [0.29, 0.717) is 34.5 Å². The van der Waals surface area contributed by atoms with Crippen LogP contribution in [0, 0.1) is 11.6 Å². The smallest absolute Gasteiger partial charge is 0.385 e. The summed E-state index contributed by atoms with van der Waals surface area (Å²) in [6.45, 7) is 1.71. The van der Waals surface area contributed by atoms with Crippen molar-refractivity contribution >= 4 is 11.5 Å². The molecule has 0 spiro atoms. The topological polar surface area (TPSA) is 64.4 Å². The third-order valence-corrected chi connectivity index (χ3v) is 6.65. The minimum Gasteiger partial charge on any atom is -0.385 e. The normalized spacial score (nSPS) is 15.8. The molecule has 1 aliphatic heterocycles. The van der Waals surface area contributed by atoms with E-state index in [0.717, 1.165) is 24.4 Å². The molecule has 5 rings (SSSR count). The van der Waals surface area contributed by atoms with E-state index in [1.54, 1.807) is 37.4 Å². The number of hydrogen-bond acceptors (Lipinski definition) is 5. The van der Waals surface area contributed by atoms with Crippen molar-refractivity contribution in [1.82, 2.24) is 9.97 Å². The standard InChI is InChI=1S/C30H22F5N3O2/c1-17(18-5-8-29(37-16-18)30(33,34)35)10-27(39)21-12-19(23-7-6-22(31)14-24(23)32)11-20(13-21)26-15-28(40-38-26)25-4-2-3-9-36-25/h2-9,11-14,16-17,28H,10,15H2,1H3/t17-,28?/m0/s1. The summed E-state index contributed by atoms with van der Waals surface area (Å²) in [5.74, 6) is -2.30. The number of ketones is 1. The van der Waals surface area contributed by atoms with Crippen molar-refractivity contribution in [3.8, 4) is 11.1 Å². The summed E-state index contributed by atoms with van der Waals surface area (Å²) in [4.78, 5) is 26.7. The van der Waals surface area contributed by atoms with Gasteiger partial charge in [0.25, 0.3) is 0 Å². The monoisotopic (exact) mass is 551 g/mol. The highest BCUT2D eigenvalue weighted by atomic mass is 19.4. The van der Waals surface area contributed by atoms with E-state index in [2.05, 4.69) is 15.1 Å². The van der Waals surface area contributed by atoms with Crippen molar-refractivity contribution in [3.63, 3.8) is 0 Å². The number of halogens is 5. The molecule has 204 valence electrons. The molecule has 0 aliphatic carbocycles. The maximum absolute atomic E-state index is 14.7. The zero-order valence-corrected chi connectivity index (χ0v) is 21.1. The van der Waals surface area contributed by atoms with Gasteiger partial charge in [-0.25, -0.2) is 8.78 Å². The van der Waals surface area contributed by atoms with E-state index in [1.807, 2.05) is 6.07 Å². The van der Waals surface area contributed by atoms with Crippen molar-refractivity contribution in [1.29, 1.82) is 0 Å². The average molecular weight is 552 g/mol. The number of Topliss-reactive ketones (excluding diaryl/α,β-unsaturated/α-hetero) is 1. The van der Waals surface area contributed by atoms with Gasteiger partial charge in [-0.1, -0.05) is 24.2 Å². The fourth-order valence-corrected chi connectivity index (χ4v) is 4.49. The molecule has 4 aromatic rings. The fraction of sp³-hybridized carbons (Fsp3) is 0.200. The number of benzene rings is 2. The van der Waals surface area contributed by atoms with Crippen LogP contribution in [0.1, 0.15) is 64.7 Å². The molecule has 5 nitrogen and oxygen atoms in total. The SMILES string of the molecule is C[C@@H](CC(=O)c1cc(C2=NOC(c3ccccn3)C2)cc(-c2ccc(F)cc2F)c1)c1ccc(C(F)(F)F)nc1. The lowest BCUT2D eigenvalue weighted by atomic mass is 9.90. The first-order valence-electron chi connectivity index (χ1n) is 12.4. The molecule has 0 N–H and O–H groups in total. The van der Waals surface area contributed by atoms with Crippen LogP contribution in [0.5, 0.6) is 0 Å². The fourth-order valence-electron chi connectivity index (χ4n) is 4.49. The molecule has 0 saturated heterocycles. The van der Waals surface area contributed by atoms with E-state index >= 15 is 0 Å². The Bertz CT molecular complexity index is 1570. The first kappa shape index (κ1) is 27.1. The summed E-state index contributed by atoms with van der Waals surface area (Å²) >= 11 is 0. The molecule has 1 aliphatic rings. The largest absolute Gasteiger partial charge is 0.433 e. The van der Waals surface area contributed by atoms with E-state index in [1.165, 1.54) is 18.2 Å². The molecule has 10 heteroatoms. The quantitative estimate of drug-likeness (QED) is 0.175. The zero-order chi connectivity index (χ0) is 28.4. The van der Waals surface area contributed by atoms with Gasteiger partial charge in [0.2, 0.25) is 0 Å². The summed E-state index contributed by atoms with van der Waals surface area (Å²) < 4.78 is 67.0.